The summed E-state index contributed by atoms with van der Waals surface area (Å²) in [7, 11) is 6.17. The van der Waals surface area contributed by atoms with Crippen LogP contribution in [0.2, 0.25) is 0 Å². The molecule has 2 bridgehead atoms. The summed E-state index contributed by atoms with van der Waals surface area (Å²) in [6.07, 6.45) is 9.03. The van der Waals surface area contributed by atoms with Gasteiger partial charge in [0.05, 0.1) is 18.8 Å². The minimum Gasteiger partial charge on any atom is -0.357 e. The average molecular weight is 438 g/mol. The predicted octanol–water partition coefficient (Wildman–Crippen LogP) is 2.77. The van der Waals surface area contributed by atoms with Crippen molar-refractivity contribution in [3.8, 4) is 0 Å². The lowest BCUT2D eigenvalue weighted by Gasteiger charge is -2.39. The monoisotopic (exact) mass is 437 g/mol. The standard InChI is InChI=1S/C25H39N7/c1-5-26-25(27-16-24(30(2)3)20-15-28-31(4)18-20)29-21-13-22-11-12-23(14-21)32(22)17-19-9-7-6-8-10-19/h6-10,15,18,21-24H,5,11-14,16-17H2,1-4H3,(H2,26,27,29). The molecule has 3 atom stereocenters. The molecule has 0 saturated carbocycles. The van der Waals surface area contributed by atoms with Gasteiger partial charge >= 0.3 is 0 Å². The van der Waals surface area contributed by atoms with E-state index in [4.69, 9.17) is 4.99 Å². The quantitative estimate of drug-likeness (QED) is 0.491. The molecule has 0 amide bonds. The third-order valence-corrected chi connectivity index (χ3v) is 6.93. The largest absolute Gasteiger partial charge is 0.357 e. The van der Waals surface area contributed by atoms with E-state index in [2.05, 4.69) is 83.1 Å². The Labute approximate surface area is 192 Å². The molecule has 2 aromatic rings. The molecular formula is C25H39N7. The Hall–Kier alpha value is -2.38. The smallest absolute Gasteiger partial charge is 0.191 e. The molecule has 174 valence electrons. The van der Waals surface area contributed by atoms with Crippen LogP contribution in [0.1, 0.15) is 49.8 Å². The van der Waals surface area contributed by atoms with Gasteiger partial charge in [-0.25, -0.2) is 0 Å². The molecule has 7 heteroatoms. The van der Waals surface area contributed by atoms with E-state index in [-0.39, 0.29) is 6.04 Å². The molecule has 0 aliphatic carbocycles. The van der Waals surface area contributed by atoms with Crippen molar-refractivity contribution in [2.45, 2.75) is 63.3 Å². The van der Waals surface area contributed by atoms with Gasteiger partial charge in [0, 0.05) is 50.0 Å². The first-order valence-corrected chi connectivity index (χ1v) is 12.0. The van der Waals surface area contributed by atoms with Crippen molar-refractivity contribution in [2.24, 2.45) is 12.0 Å². The second-order valence-corrected chi connectivity index (χ2v) is 9.50. The van der Waals surface area contributed by atoms with Crippen LogP contribution in [0.15, 0.2) is 47.7 Å². The Balaban J connectivity index is 1.38. The molecule has 4 rings (SSSR count). The molecule has 0 spiro atoms. The number of benzene rings is 1. The van der Waals surface area contributed by atoms with Crippen molar-refractivity contribution < 1.29 is 0 Å². The van der Waals surface area contributed by atoms with Gasteiger partial charge in [-0.1, -0.05) is 30.3 Å². The SMILES string of the molecule is CCNC(=NCC(c1cnn(C)c1)N(C)C)NC1CC2CCC(C1)N2Cc1ccccc1. The summed E-state index contributed by atoms with van der Waals surface area (Å²) in [5.41, 5.74) is 2.63. The average Bonchev–Trinajstić information content (AvgIpc) is 3.28. The van der Waals surface area contributed by atoms with Gasteiger partial charge in [0.25, 0.3) is 0 Å². The van der Waals surface area contributed by atoms with E-state index in [0.29, 0.717) is 24.7 Å². The van der Waals surface area contributed by atoms with Crippen LogP contribution < -0.4 is 10.6 Å². The Bertz CT molecular complexity index is 861. The Morgan fingerprint density at radius 2 is 1.91 bits per heavy atom. The number of nitrogens with one attached hydrogen (secondary N) is 2. The zero-order valence-electron chi connectivity index (χ0n) is 20.0. The number of rotatable bonds is 8. The van der Waals surface area contributed by atoms with Crippen LogP contribution in [-0.4, -0.2) is 70.9 Å². The maximum absolute atomic E-state index is 4.97. The van der Waals surface area contributed by atoms with E-state index in [1.807, 2.05) is 17.9 Å². The van der Waals surface area contributed by atoms with Crippen LogP contribution in [0.3, 0.4) is 0 Å². The van der Waals surface area contributed by atoms with Gasteiger partial charge in [0.15, 0.2) is 5.96 Å². The fourth-order valence-corrected chi connectivity index (χ4v) is 5.31. The van der Waals surface area contributed by atoms with E-state index in [0.717, 1.165) is 19.0 Å². The number of hydrogen-bond acceptors (Lipinski definition) is 4. The third-order valence-electron chi connectivity index (χ3n) is 6.93. The van der Waals surface area contributed by atoms with Crippen LogP contribution in [0.25, 0.3) is 0 Å². The number of aryl methyl sites for hydroxylation is 1. The summed E-state index contributed by atoms with van der Waals surface area (Å²) in [6, 6.07) is 12.9. The van der Waals surface area contributed by atoms with Crippen molar-refractivity contribution in [3.05, 3.63) is 53.9 Å². The van der Waals surface area contributed by atoms with Gasteiger partial charge in [-0.05, 0) is 52.3 Å². The summed E-state index contributed by atoms with van der Waals surface area (Å²) in [5, 5.41) is 11.6. The molecule has 2 fully saturated rings. The summed E-state index contributed by atoms with van der Waals surface area (Å²) in [4.78, 5) is 9.93. The highest BCUT2D eigenvalue weighted by Crippen LogP contribution is 2.36. The van der Waals surface area contributed by atoms with Crippen molar-refractivity contribution in [1.29, 1.82) is 0 Å². The summed E-state index contributed by atoms with van der Waals surface area (Å²) in [6.45, 7) is 4.78. The van der Waals surface area contributed by atoms with Crippen molar-refractivity contribution >= 4 is 5.96 Å². The van der Waals surface area contributed by atoms with Gasteiger partial charge in [0.2, 0.25) is 0 Å². The van der Waals surface area contributed by atoms with E-state index < -0.39 is 0 Å². The molecule has 3 unspecified atom stereocenters. The Morgan fingerprint density at radius 3 is 2.50 bits per heavy atom. The number of piperidine rings is 1. The number of nitrogens with zero attached hydrogens (tertiary/aromatic N) is 5. The fraction of sp³-hybridized carbons (Fsp3) is 0.600. The van der Waals surface area contributed by atoms with Crippen molar-refractivity contribution in [1.82, 2.24) is 30.2 Å². The maximum atomic E-state index is 4.97. The van der Waals surface area contributed by atoms with Crippen LogP contribution in [0.5, 0.6) is 0 Å². The minimum atomic E-state index is 0.211. The number of aliphatic imine (C=N–C) groups is 1. The number of fused-ring (bicyclic) bond motifs is 2. The lowest BCUT2D eigenvalue weighted by molar-refractivity contribution is 0.114. The first kappa shape index (κ1) is 22.8. The van der Waals surface area contributed by atoms with Crippen LogP contribution >= 0.6 is 0 Å². The molecule has 1 aromatic carbocycles. The van der Waals surface area contributed by atoms with Gasteiger partial charge < -0.3 is 15.5 Å². The molecule has 7 nitrogen and oxygen atoms in total. The highest BCUT2D eigenvalue weighted by atomic mass is 15.3. The molecule has 32 heavy (non-hydrogen) atoms. The molecule has 2 saturated heterocycles. The molecular weight excluding hydrogens is 398 g/mol. The summed E-state index contributed by atoms with van der Waals surface area (Å²) in [5.74, 6) is 0.934. The molecule has 0 radical (unpaired) electrons. The third kappa shape index (κ3) is 5.51. The van der Waals surface area contributed by atoms with Crippen LogP contribution in [-0.2, 0) is 13.6 Å². The zero-order valence-corrected chi connectivity index (χ0v) is 20.0. The minimum absolute atomic E-state index is 0.211. The molecule has 2 N–H and O–H groups in total. The fourth-order valence-electron chi connectivity index (χ4n) is 5.31. The molecule has 2 aliphatic heterocycles. The van der Waals surface area contributed by atoms with E-state index in [9.17, 15) is 0 Å². The Morgan fingerprint density at radius 1 is 1.19 bits per heavy atom. The van der Waals surface area contributed by atoms with Crippen LogP contribution in [0, 0.1) is 0 Å². The first-order valence-electron chi connectivity index (χ1n) is 12.0. The van der Waals surface area contributed by atoms with E-state index >= 15 is 0 Å². The summed E-state index contributed by atoms with van der Waals surface area (Å²) < 4.78 is 1.86. The first-order chi connectivity index (χ1) is 15.5. The highest BCUT2D eigenvalue weighted by molar-refractivity contribution is 5.80. The number of aromatic nitrogens is 2. The van der Waals surface area contributed by atoms with E-state index in [1.165, 1.54) is 36.8 Å². The van der Waals surface area contributed by atoms with Crippen molar-refractivity contribution in [2.75, 3.05) is 27.2 Å². The van der Waals surface area contributed by atoms with Gasteiger partial charge in [-0.3, -0.25) is 14.6 Å². The van der Waals surface area contributed by atoms with E-state index in [1.54, 1.807) is 0 Å². The lowest BCUT2D eigenvalue weighted by Crippen LogP contribution is -2.52. The van der Waals surface area contributed by atoms with Gasteiger partial charge in [-0.2, -0.15) is 5.10 Å². The zero-order chi connectivity index (χ0) is 22.5. The molecule has 3 heterocycles. The van der Waals surface area contributed by atoms with Gasteiger partial charge in [-0.15, -0.1) is 0 Å². The normalized spacial score (nSPS) is 24.7. The summed E-state index contributed by atoms with van der Waals surface area (Å²) >= 11 is 0. The maximum Gasteiger partial charge on any atom is 0.191 e. The molecule has 1 aromatic heterocycles. The number of guanidine groups is 1. The van der Waals surface area contributed by atoms with Crippen molar-refractivity contribution in [3.63, 3.8) is 0 Å². The lowest BCUT2D eigenvalue weighted by atomic mass is 9.96. The highest BCUT2D eigenvalue weighted by Gasteiger charge is 2.40. The molecule has 2 aliphatic rings. The van der Waals surface area contributed by atoms with Gasteiger partial charge in [0.1, 0.15) is 0 Å². The topological polar surface area (TPSA) is 60.7 Å². The predicted molar refractivity (Wildman–Crippen MR) is 131 cm³/mol. The number of likely N-dealkylation sites (N-methyl/N-ethyl adjacent to an activating group) is 1. The Kier molecular flexibility index (Phi) is 7.48. The number of hydrogen-bond donors (Lipinski definition) is 2. The second kappa shape index (κ2) is 10.5. The van der Waals surface area contributed by atoms with Crippen LogP contribution in [0.4, 0.5) is 0 Å². The second-order valence-electron chi connectivity index (χ2n) is 9.50.